The molecule has 0 unspecified atom stereocenters. The van der Waals surface area contributed by atoms with Crippen LogP contribution in [0.2, 0.25) is 0 Å². The standard InChI is InChI=1S/C15H21N3O/c1-12(2)10-18-11-14(9-17-18)8-16-7-13-4-3-5-15(19)6-13/h3-6,9,11-12,16,19H,7-8,10H2,1-2H3. The lowest BCUT2D eigenvalue weighted by atomic mass is 10.2. The number of rotatable bonds is 6. The molecule has 0 aliphatic carbocycles. The molecule has 1 aromatic carbocycles. The molecule has 0 saturated heterocycles. The molecule has 0 aliphatic rings. The highest BCUT2D eigenvalue weighted by Crippen LogP contribution is 2.10. The fourth-order valence-electron chi connectivity index (χ4n) is 1.99. The number of phenols is 1. The predicted molar refractivity (Wildman–Crippen MR) is 75.7 cm³/mol. The molecule has 0 aliphatic heterocycles. The minimum Gasteiger partial charge on any atom is -0.508 e. The van der Waals surface area contributed by atoms with Crippen LogP contribution in [0.5, 0.6) is 5.75 Å². The Morgan fingerprint density at radius 3 is 2.79 bits per heavy atom. The van der Waals surface area contributed by atoms with E-state index in [4.69, 9.17) is 0 Å². The summed E-state index contributed by atoms with van der Waals surface area (Å²) in [4.78, 5) is 0. The second kappa shape index (κ2) is 6.38. The van der Waals surface area contributed by atoms with E-state index < -0.39 is 0 Å². The molecular weight excluding hydrogens is 238 g/mol. The molecule has 0 atom stereocenters. The summed E-state index contributed by atoms with van der Waals surface area (Å²) in [7, 11) is 0. The third-order valence-electron chi connectivity index (χ3n) is 2.81. The molecule has 0 fully saturated rings. The Morgan fingerprint density at radius 1 is 1.26 bits per heavy atom. The van der Waals surface area contributed by atoms with Gasteiger partial charge in [0.15, 0.2) is 0 Å². The Morgan fingerprint density at radius 2 is 2.05 bits per heavy atom. The molecule has 0 bridgehead atoms. The molecule has 102 valence electrons. The molecule has 2 rings (SSSR count). The van der Waals surface area contributed by atoms with Crippen molar-refractivity contribution in [3.05, 3.63) is 47.8 Å². The van der Waals surface area contributed by atoms with Crippen LogP contribution in [0, 0.1) is 5.92 Å². The first-order valence-corrected chi connectivity index (χ1v) is 6.63. The van der Waals surface area contributed by atoms with Gasteiger partial charge in [0.1, 0.15) is 5.75 Å². The molecule has 1 heterocycles. The molecule has 0 amide bonds. The first-order valence-electron chi connectivity index (χ1n) is 6.63. The maximum atomic E-state index is 9.38. The summed E-state index contributed by atoms with van der Waals surface area (Å²) in [5.74, 6) is 0.914. The van der Waals surface area contributed by atoms with E-state index >= 15 is 0 Å². The van der Waals surface area contributed by atoms with E-state index in [0.29, 0.717) is 11.7 Å². The zero-order valence-corrected chi connectivity index (χ0v) is 11.5. The van der Waals surface area contributed by atoms with Gasteiger partial charge in [0.25, 0.3) is 0 Å². The smallest absolute Gasteiger partial charge is 0.115 e. The second-order valence-electron chi connectivity index (χ2n) is 5.24. The lowest BCUT2D eigenvalue weighted by Gasteiger charge is -2.04. The molecule has 2 N–H and O–H groups in total. The number of aromatic nitrogens is 2. The van der Waals surface area contributed by atoms with E-state index in [-0.39, 0.29) is 0 Å². The molecule has 0 spiro atoms. The first kappa shape index (κ1) is 13.6. The first-order chi connectivity index (χ1) is 9.13. The van der Waals surface area contributed by atoms with Gasteiger partial charge in [-0.2, -0.15) is 5.10 Å². The quantitative estimate of drug-likeness (QED) is 0.838. The van der Waals surface area contributed by atoms with Crippen LogP contribution in [0.25, 0.3) is 0 Å². The van der Waals surface area contributed by atoms with Crippen LogP contribution in [0.3, 0.4) is 0 Å². The van der Waals surface area contributed by atoms with Crippen LogP contribution < -0.4 is 5.32 Å². The monoisotopic (exact) mass is 259 g/mol. The van der Waals surface area contributed by atoms with Crippen molar-refractivity contribution < 1.29 is 5.11 Å². The SMILES string of the molecule is CC(C)Cn1cc(CNCc2cccc(O)c2)cn1. The topological polar surface area (TPSA) is 50.1 Å². The Hall–Kier alpha value is -1.81. The third-order valence-corrected chi connectivity index (χ3v) is 2.81. The zero-order chi connectivity index (χ0) is 13.7. The van der Waals surface area contributed by atoms with Gasteiger partial charge in [-0.15, -0.1) is 0 Å². The van der Waals surface area contributed by atoms with Gasteiger partial charge in [0.05, 0.1) is 6.20 Å². The zero-order valence-electron chi connectivity index (χ0n) is 11.5. The van der Waals surface area contributed by atoms with Crippen molar-refractivity contribution in [1.82, 2.24) is 15.1 Å². The number of aromatic hydroxyl groups is 1. The molecule has 0 radical (unpaired) electrons. The average molecular weight is 259 g/mol. The van der Waals surface area contributed by atoms with Crippen molar-refractivity contribution in [2.75, 3.05) is 0 Å². The van der Waals surface area contributed by atoms with Crippen molar-refractivity contribution in [2.24, 2.45) is 5.92 Å². The maximum absolute atomic E-state index is 9.38. The van der Waals surface area contributed by atoms with Gasteiger partial charge in [-0.05, 0) is 23.6 Å². The molecule has 2 aromatic rings. The number of nitrogens with zero attached hydrogens (tertiary/aromatic N) is 2. The lowest BCUT2D eigenvalue weighted by Crippen LogP contribution is -2.12. The van der Waals surface area contributed by atoms with Crippen LogP contribution in [-0.2, 0) is 19.6 Å². The van der Waals surface area contributed by atoms with Crippen molar-refractivity contribution in [3.63, 3.8) is 0 Å². The second-order valence-corrected chi connectivity index (χ2v) is 5.24. The molecule has 4 nitrogen and oxygen atoms in total. The van der Waals surface area contributed by atoms with Gasteiger partial charge >= 0.3 is 0 Å². The summed E-state index contributed by atoms with van der Waals surface area (Å²) >= 11 is 0. The van der Waals surface area contributed by atoms with E-state index in [2.05, 4.69) is 30.5 Å². The van der Waals surface area contributed by atoms with Crippen LogP contribution in [0.4, 0.5) is 0 Å². The summed E-state index contributed by atoms with van der Waals surface area (Å²) in [6.07, 6.45) is 3.98. The van der Waals surface area contributed by atoms with E-state index in [9.17, 15) is 5.11 Å². The minimum absolute atomic E-state index is 0.309. The Bertz CT molecular complexity index is 520. The Kier molecular flexibility index (Phi) is 4.58. The Labute approximate surface area is 114 Å². The van der Waals surface area contributed by atoms with Gasteiger partial charge < -0.3 is 10.4 Å². The molecule has 4 heteroatoms. The fourth-order valence-corrected chi connectivity index (χ4v) is 1.99. The van der Waals surface area contributed by atoms with Gasteiger partial charge in [0, 0.05) is 31.4 Å². The van der Waals surface area contributed by atoms with Crippen molar-refractivity contribution in [1.29, 1.82) is 0 Å². The number of hydrogen-bond donors (Lipinski definition) is 2. The number of hydrogen-bond acceptors (Lipinski definition) is 3. The number of phenolic OH excluding ortho intramolecular Hbond substituents is 1. The predicted octanol–water partition coefficient (Wildman–Crippen LogP) is 2.53. The van der Waals surface area contributed by atoms with Crippen LogP contribution >= 0.6 is 0 Å². The van der Waals surface area contributed by atoms with Crippen LogP contribution in [0.15, 0.2) is 36.7 Å². The van der Waals surface area contributed by atoms with E-state index in [1.807, 2.05) is 23.0 Å². The molecule has 0 saturated carbocycles. The molecule has 1 aromatic heterocycles. The summed E-state index contributed by atoms with van der Waals surface area (Å²) in [5.41, 5.74) is 2.26. The highest BCUT2D eigenvalue weighted by atomic mass is 16.3. The lowest BCUT2D eigenvalue weighted by molar-refractivity contribution is 0.474. The molecule has 19 heavy (non-hydrogen) atoms. The van der Waals surface area contributed by atoms with Gasteiger partial charge in [-0.3, -0.25) is 4.68 Å². The highest BCUT2D eigenvalue weighted by molar-refractivity contribution is 5.26. The number of nitrogens with one attached hydrogen (secondary N) is 1. The van der Waals surface area contributed by atoms with Gasteiger partial charge in [-0.1, -0.05) is 26.0 Å². The van der Waals surface area contributed by atoms with Crippen LogP contribution in [-0.4, -0.2) is 14.9 Å². The fraction of sp³-hybridized carbons (Fsp3) is 0.400. The van der Waals surface area contributed by atoms with E-state index in [1.165, 1.54) is 5.56 Å². The normalized spacial score (nSPS) is 11.1. The van der Waals surface area contributed by atoms with E-state index in [1.54, 1.807) is 12.1 Å². The van der Waals surface area contributed by atoms with Crippen LogP contribution in [0.1, 0.15) is 25.0 Å². The summed E-state index contributed by atoms with van der Waals surface area (Å²) in [5, 5.41) is 17.1. The maximum Gasteiger partial charge on any atom is 0.115 e. The minimum atomic E-state index is 0.309. The van der Waals surface area contributed by atoms with Gasteiger partial charge in [-0.25, -0.2) is 0 Å². The highest BCUT2D eigenvalue weighted by Gasteiger charge is 2.01. The third kappa shape index (κ3) is 4.41. The van der Waals surface area contributed by atoms with Gasteiger partial charge in [0.2, 0.25) is 0 Å². The van der Waals surface area contributed by atoms with Crippen molar-refractivity contribution >= 4 is 0 Å². The summed E-state index contributed by atoms with van der Waals surface area (Å²) in [6, 6.07) is 7.30. The number of benzene rings is 1. The van der Waals surface area contributed by atoms with E-state index in [0.717, 1.165) is 25.2 Å². The van der Waals surface area contributed by atoms with Crippen molar-refractivity contribution in [2.45, 2.75) is 33.5 Å². The summed E-state index contributed by atoms with van der Waals surface area (Å²) in [6.45, 7) is 6.84. The van der Waals surface area contributed by atoms with Crippen molar-refractivity contribution in [3.8, 4) is 5.75 Å². The Balaban J connectivity index is 1.81. The largest absolute Gasteiger partial charge is 0.508 e. The average Bonchev–Trinajstić information content (AvgIpc) is 2.76. The molecular formula is C15H21N3O. The summed E-state index contributed by atoms with van der Waals surface area (Å²) < 4.78 is 1.98.